The lowest BCUT2D eigenvalue weighted by atomic mass is 10.3. The second-order valence-corrected chi connectivity index (χ2v) is 3.57. The minimum absolute atomic E-state index is 0.0970. The van der Waals surface area contributed by atoms with Crippen molar-refractivity contribution in [2.24, 2.45) is 7.05 Å². The van der Waals surface area contributed by atoms with E-state index in [1.807, 2.05) is 37.0 Å². The summed E-state index contributed by atoms with van der Waals surface area (Å²) in [5.74, 6) is 0.0970. The van der Waals surface area contributed by atoms with Crippen LogP contribution in [0.25, 0.3) is 0 Å². The van der Waals surface area contributed by atoms with Gasteiger partial charge in [-0.3, -0.25) is 4.79 Å². The molecule has 0 unspecified atom stereocenters. The molecule has 2 N–H and O–H groups in total. The summed E-state index contributed by atoms with van der Waals surface area (Å²) in [5, 5.41) is 6.00. The Hall–Kier alpha value is -1.29. The van der Waals surface area contributed by atoms with E-state index in [0.717, 1.165) is 18.7 Å². The van der Waals surface area contributed by atoms with E-state index in [9.17, 15) is 4.79 Å². The highest BCUT2D eigenvalue weighted by molar-refractivity contribution is 5.76. The Kier molecular flexibility index (Phi) is 4.90. The number of aromatic nitrogens is 1. The number of carbonyl (C=O) groups excluding carboxylic acids is 1. The lowest BCUT2D eigenvalue weighted by Crippen LogP contribution is -2.27. The molecule has 0 fully saturated rings. The van der Waals surface area contributed by atoms with Crippen molar-refractivity contribution in [3.8, 4) is 0 Å². The van der Waals surface area contributed by atoms with Gasteiger partial charge in [0.2, 0.25) is 5.91 Å². The predicted molar refractivity (Wildman–Crippen MR) is 60.4 cm³/mol. The monoisotopic (exact) mass is 209 g/mol. The molecule has 1 rings (SSSR count). The minimum atomic E-state index is 0.0970. The summed E-state index contributed by atoms with van der Waals surface area (Å²) in [6, 6.07) is 2.00. The van der Waals surface area contributed by atoms with Crippen molar-refractivity contribution in [3.63, 3.8) is 0 Å². The third kappa shape index (κ3) is 4.65. The van der Waals surface area contributed by atoms with Gasteiger partial charge in [-0.25, -0.2) is 0 Å². The highest BCUT2D eigenvalue weighted by Gasteiger charge is 2.00. The number of rotatable bonds is 6. The van der Waals surface area contributed by atoms with Gasteiger partial charge in [-0.15, -0.1) is 0 Å². The fourth-order valence-electron chi connectivity index (χ4n) is 1.33. The summed E-state index contributed by atoms with van der Waals surface area (Å²) in [4.78, 5) is 11.3. The highest BCUT2D eigenvalue weighted by Crippen LogP contribution is 1.98. The molecular formula is C11H19N3O. The normalized spacial score (nSPS) is 10.3. The first-order valence-corrected chi connectivity index (χ1v) is 5.30. The zero-order chi connectivity index (χ0) is 11.1. The van der Waals surface area contributed by atoms with Crippen molar-refractivity contribution in [1.29, 1.82) is 0 Å². The number of nitrogens with zero attached hydrogens (tertiary/aromatic N) is 1. The minimum Gasteiger partial charge on any atom is -0.357 e. The Morgan fingerprint density at radius 3 is 2.93 bits per heavy atom. The molecule has 1 aromatic heterocycles. The second-order valence-electron chi connectivity index (χ2n) is 3.57. The summed E-state index contributed by atoms with van der Waals surface area (Å²) in [6.07, 6.45) is 4.52. The van der Waals surface area contributed by atoms with Gasteiger partial charge in [0.05, 0.1) is 0 Å². The Balaban J connectivity index is 2.16. The number of hydrogen-bond donors (Lipinski definition) is 2. The Bertz CT molecular complexity index is 307. The van der Waals surface area contributed by atoms with Gasteiger partial charge in [0.1, 0.15) is 0 Å². The third-order valence-corrected chi connectivity index (χ3v) is 2.16. The Morgan fingerprint density at radius 2 is 2.33 bits per heavy atom. The lowest BCUT2D eigenvalue weighted by Gasteiger charge is -2.03. The average molecular weight is 209 g/mol. The van der Waals surface area contributed by atoms with Crippen LogP contribution < -0.4 is 10.6 Å². The number of nitrogens with one attached hydrogen (secondary N) is 2. The van der Waals surface area contributed by atoms with Gasteiger partial charge in [-0.2, -0.15) is 0 Å². The van der Waals surface area contributed by atoms with Crippen LogP contribution in [-0.4, -0.2) is 23.6 Å². The number of hydrogen-bond acceptors (Lipinski definition) is 2. The topological polar surface area (TPSA) is 46.1 Å². The molecule has 0 saturated heterocycles. The molecule has 0 aromatic carbocycles. The summed E-state index contributed by atoms with van der Waals surface area (Å²) >= 11 is 0. The van der Waals surface area contributed by atoms with Crippen LogP contribution in [0, 0.1) is 0 Å². The van der Waals surface area contributed by atoms with E-state index in [0.29, 0.717) is 13.0 Å². The van der Waals surface area contributed by atoms with Gasteiger partial charge in [0.15, 0.2) is 0 Å². The van der Waals surface area contributed by atoms with E-state index >= 15 is 0 Å². The molecule has 0 aliphatic carbocycles. The summed E-state index contributed by atoms with van der Waals surface area (Å²) in [7, 11) is 1.97. The van der Waals surface area contributed by atoms with Gasteiger partial charge >= 0.3 is 0 Å². The zero-order valence-corrected chi connectivity index (χ0v) is 9.42. The van der Waals surface area contributed by atoms with Crippen molar-refractivity contribution in [2.75, 3.05) is 13.1 Å². The summed E-state index contributed by atoms with van der Waals surface area (Å²) in [5.41, 5.74) is 1.13. The number of aryl methyl sites for hydroxylation is 1. The smallest absolute Gasteiger partial charge is 0.221 e. The van der Waals surface area contributed by atoms with Crippen molar-refractivity contribution in [3.05, 3.63) is 24.0 Å². The molecule has 0 bridgehead atoms. The van der Waals surface area contributed by atoms with Crippen LogP contribution in [0.4, 0.5) is 0 Å². The van der Waals surface area contributed by atoms with Gasteiger partial charge < -0.3 is 15.2 Å². The van der Waals surface area contributed by atoms with Gasteiger partial charge in [0, 0.05) is 39.0 Å². The Labute approximate surface area is 90.7 Å². The SMILES string of the molecule is CCNCCC(=O)NCc1ccn(C)c1. The molecule has 0 spiro atoms. The number of amides is 1. The molecule has 1 amide bonds. The van der Waals surface area contributed by atoms with E-state index in [4.69, 9.17) is 0 Å². The van der Waals surface area contributed by atoms with E-state index in [1.54, 1.807) is 0 Å². The molecule has 0 radical (unpaired) electrons. The fourth-order valence-corrected chi connectivity index (χ4v) is 1.33. The van der Waals surface area contributed by atoms with Crippen molar-refractivity contribution in [2.45, 2.75) is 19.9 Å². The standard InChI is InChI=1S/C11H19N3O/c1-3-12-6-4-11(15)13-8-10-5-7-14(2)9-10/h5,7,9,12H,3-4,6,8H2,1-2H3,(H,13,15). The van der Waals surface area contributed by atoms with Crippen molar-refractivity contribution < 1.29 is 4.79 Å². The highest BCUT2D eigenvalue weighted by atomic mass is 16.1. The van der Waals surface area contributed by atoms with Gasteiger partial charge in [0.25, 0.3) is 0 Å². The Morgan fingerprint density at radius 1 is 1.53 bits per heavy atom. The molecule has 84 valence electrons. The van der Waals surface area contributed by atoms with Crippen molar-refractivity contribution >= 4 is 5.91 Å². The molecule has 4 heteroatoms. The van der Waals surface area contributed by atoms with Crippen LogP contribution >= 0.6 is 0 Å². The van der Waals surface area contributed by atoms with Crippen LogP contribution in [-0.2, 0) is 18.4 Å². The first kappa shape index (κ1) is 11.8. The summed E-state index contributed by atoms with van der Waals surface area (Å²) in [6.45, 7) is 4.30. The predicted octanol–water partition coefficient (Wildman–Crippen LogP) is 0.641. The van der Waals surface area contributed by atoms with Gasteiger partial charge in [-0.05, 0) is 18.2 Å². The van der Waals surface area contributed by atoms with Crippen LogP contribution in [0.3, 0.4) is 0 Å². The quantitative estimate of drug-likeness (QED) is 0.675. The molecule has 1 heterocycles. The molecule has 0 aliphatic rings. The zero-order valence-electron chi connectivity index (χ0n) is 9.42. The van der Waals surface area contributed by atoms with Crippen molar-refractivity contribution in [1.82, 2.24) is 15.2 Å². The maximum absolute atomic E-state index is 11.3. The third-order valence-electron chi connectivity index (χ3n) is 2.16. The maximum atomic E-state index is 11.3. The molecule has 4 nitrogen and oxygen atoms in total. The molecule has 15 heavy (non-hydrogen) atoms. The maximum Gasteiger partial charge on any atom is 0.221 e. The molecule has 0 aliphatic heterocycles. The van der Waals surface area contributed by atoms with E-state index in [-0.39, 0.29) is 5.91 Å². The lowest BCUT2D eigenvalue weighted by molar-refractivity contribution is -0.121. The van der Waals surface area contributed by atoms with E-state index in [2.05, 4.69) is 10.6 Å². The van der Waals surface area contributed by atoms with Crippen LogP contribution in [0.15, 0.2) is 18.5 Å². The first-order valence-electron chi connectivity index (χ1n) is 5.30. The number of carbonyl (C=O) groups is 1. The van der Waals surface area contributed by atoms with Crippen LogP contribution in [0.5, 0.6) is 0 Å². The molecular weight excluding hydrogens is 190 g/mol. The van der Waals surface area contributed by atoms with E-state index in [1.165, 1.54) is 0 Å². The molecule has 0 saturated carbocycles. The largest absolute Gasteiger partial charge is 0.357 e. The average Bonchev–Trinajstić information content (AvgIpc) is 2.62. The first-order chi connectivity index (χ1) is 7.22. The fraction of sp³-hybridized carbons (Fsp3) is 0.545. The van der Waals surface area contributed by atoms with Crippen LogP contribution in [0.2, 0.25) is 0 Å². The van der Waals surface area contributed by atoms with Gasteiger partial charge in [-0.1, -0.05) is 6.92 Å². The second kappa shape index (κ2) is 6.24. The summed E-state index contributed by atoms with van der Waals surface area (Å²) < 4.78 is 1.97. The van der Waals surface area contributed by atoms with Crippen LogP contribution in [0.1, 0.15) is 18.9 Å². The molecule has 0 atom stereocenters. The van der Waals surface area contributed by atoms with E-state index < -0.39 is 0 Å². The molecule has 1 aromatic rings.